The predicted molar refractivity (Wildman–Crippen MR) is 108 cm³/mol. The maximum atomic E-state index is 13.8. The van der Waals surface area contributed by atoms with Crippen LogP contribution in [0.5, 0.6) is 11.5 Å². The minimum Gasteiger partial charge on any atom is -0.496 e. The zero-order valence-corrected chi connectivity index (χ0v) is 16.4. The summed E-state index contributed by atoms with van der Waals surface area (Å²) in [5.41, 5.74) is 2.53. The van der Waals surface area contributed by atoms with Crippen LogP contribution in [0, 0.1) is 25.5 Å². The largest absolute Gasteiger partial charge is 0.496 e. The summed E-state index contributed by atoms with van der Waals surface area (Å²) in [7, 11) is 1.52. The Labute approximate surface area is 168 Å². The van der Waals surface area contributed by atoms with E-state index >= 15 is 0 Å². The lowest BCUT2D eigenvalue weighted by Crippen LogP contribution is -2.15. The minimum atomic E-state index is -0.842. The van der Waals surface area contributed by atoms with Crippen molar-refractivity contribution < 1.29 is 23.0 Å². The zero-order valence-electron chi connectivity index (χ0n) is 16.4. The van der Waals surface area contributed by atoms with Crippen LogP contribution in [0.15, 0.2) is 54.6 Å². The lowest BCUT2D eigenvalue weighted by atomic mass is 10.1. The summed E-state index contributed by atoms with van der Waals surface area (Å²) in [4.78, 5) is 12.5. The van der Waals surface area contributed by atoms with E-state index in [9.17, 15) is 13.6 Å². The second kappa shape index (κ2) is 8.73. The zero-order chi connectivity index (χ0) is 21.0. The molecule has 0 spiro atoms. The van der Waals surface area contributed by atoms with Crippen molar-refractivity contribution >= 4 is 11.6 Å². The van der Waals surface area contributed by atoms with Gasteiger partial charge in [0.25, 0.3) is 5.91 Å². The third-order valence-corrected chi connectivity index (χ3v) is 4.33. The molecular formula is C23H21F2NO3. The Bertz CT molecular complexity index is 1010. The number of hydrogen-bond acceptors (Lipinski definition) is 3. The molecule has 0 fully saturated rings. The highest BCUT2D eigenvalue weighted by Crippen LogP contribution is 2.25. The molecular weight excluding hydrogens is 376 g/mol. The van der Waals surface area contributed by atoms with Gasteiger partial charge in [0.1, 0.15) is 35.4 Å². The van der Waals surface area contributed by atoms with Gasteiger partial charge in [-0.1, -0.05) is 12.1 Å². The Kier molecular flexibility index (Phi) is 6.12. The average Bonchev–Trinajstić information content (AvgIpc) is 2.68. The first kappa shape index (κ1) is 20.3. The number of amides is 1. The number of benzene rings is 3. The topological polar surface area (TPSA) is 47.6 Å². The van der Waals surface area contributed by atoms with Crippen molar-refractivity contribution in [3.05, 3.63) is 88.5 Å². The highest BCUT2D eigenvalue weighted by molar-refractivity contribution is 6.04. The summed E-state index contributed by atoms with van der Waals surface area (Å²) in [6, 6.07) is 14.0. The molecule has 3 aromatic rings. The quantitative estimate of drug-likeness (QED) is 0.604. The van der Waals surface area contributed by atoms with Crippen LogP contribution in [0.3, 0.4) is 0 Å². The van der Waals surface area contributed by atoms with Gasteiger partial charge >= 0.3 is 0 Å². The molecule has 6 heteroatoms. The molecule has 3 rings (SSSR count). The number of nitrogens with one attached hydrogen (secondary N) is 1. The van der Waals surface area contributed by atoms with E-state index in [0.717, 1.165) is 23.3 Å². The van der Waals surface area contributed by atoms with Crippen LogP contribution in [0.25, 0.3) is 0 Å². The molecule has 0 aliphatic heterocycles. The number of ether oxygens (including phenoxy) is 2. The highest BCUT2D eigenvalue weighted by atomic mass is 19.1. The lowest BCUT2D eigenvalue weighted by molar-refractivity contribution is 0.102. The number of rotatable bonds is 6. The second-order valence-electron chi connectivity index (χ2n) is 6.69. The fourth-order valence-corrected chi connectivity index (χ4v) is 3.01. The number of hydrogen-bond donors (Lipinski definition) is 1. The van der Waals surface area contributed by atoms with E-state index in [2.05, 4.69) is 5.32 Å². The van der Waals surface area contributed by atoms with Gasteiger partial charge in [0.15, 0.2) is 0 Å². The smallest absolute Gasteiger partial charge is 0.255 e. The van der Waals surface area contributed by atoms with Crippen LogP contribution < -0.4 is 14.8 Å². The monoisotopic (exact) mass is 397 g/mol. The second-order valence-corrected chi connectivity index (χ2v) is 6.69. The van der Waals surface area contributed by atoms with Crippen LogP contribution in [-0.4, -0.2) is 13.0 Å². The van der Waals surface area contributed by atoms with Crippen LogP contribution in [0.2, 0.25) is 0 Å². The molecule has 0 saturated heterocycles. The van der Waals surface area contributed by atoms with Gasteiger partial charge in [-0.3, -0.25) is 4.79 Å². The van der Waals surface area contributed by atoms with Gasteiger partial charge < -0.3 is 14.8 Å². The highest BCUT2D eigenvalue weighted by Gasteiger charge is 2.15. The molecule has 0 heterocycles. The van der Waals surface area contributed by atoms with Crippen molar-refractivity contribution in [3.8, 4) is 11.5 Å². The predicted octanol–water partition coefficient (Wildman–Crippen LogP) is 5.42. The van der Waals surface area contributed by atoms with Crippen LogP contribution in [0.4, 0.5) is 14.5 Å². The van der Waals surface area contributed by atoms with Gasteiger partial charge in [-0.05, 0) is 67.4 Å². The molecule has 0 radical (unpaired) electrons. The molecule has 1 N–H and O–H groups in total. The molecule has 0 aliphatic rings. The summed E-state index contributed by atoms with van der Waals surface area (Å²) in [6.45, 7) is 4.13. The summed E-state index contributed by atoms with van der Waals surface area (Å²) >= 11 is 0. The number of carbonyl (C=O) groups excluding carboxylic acids is 1. The summed E-state index contributed by atoms with van der Waals surface area (Å²) in [5, 5.41) is 2.28. The van der Waals surface area contributed by atoms with Gasteiger partial charge in [0.2, 0.25) is 0 Å². The van der Waals surface area contributed by atoms with E-state index in [1.165, 1.54) is 19.2 Å². The maximum Gasteiger partial charge on any atom is 0.255 e. The Morgan fingerprint density at radius 3 is 2.24 bits per heavy atom. The number of carbonyl (C=O) groups is 1. The molecule has 0 bridgehead atoms. The fraction of sp³-hybridized carbons (Fsp3) is 0.174. The molecule has 1 amide bonds. The number of para-hydroxylation sites is 1. The molecule has 4 nitrogen and oxygen atoms in total. The van der Waals surface area contributed by atoms with Crippen molar-refractivity contribution in [2.45, 2.75) is 20.5 Å². The number of anilines is 1. The Morgan fingerprint density at radius 1 is 0.966 bits per heavy atom. The molecule has 3 aromatic carbocycles. The van der Waals surface area contributed by atoms with Crippen LogP contribution in [0.1, 0.15) is 27.0 Å². The Hall–Kier alpha value is -3.41. The summed E-state index contributed by atoms with van der Waals surface area (Å²) in [5.74, 6) is -1.07. The van der Waals surface area contributed by atoms with E-state index in [0.29, 0.717) is 17.1 Å². The lowest BCUT2D eigenvalue weighted by Gasteiger charge is -2.13. The third-order valence-electron chi connectivity index (χ3n) is 4.33. The van der Waals surface area contributed by atoms with Crippen molar-refractivity contribution in [1.29, 1.82) is 0 Å². The number of halogens is 2. The molecule has 29 heavy (non-hydrogen) atoms. The molecule has 0 unspecified atom stereocenters. The molecule has 0 saturated carbocycles. The van der Waals surface area contributed by atoms with Crippen LogP contribution in [-0.2, 0) is 6.61 Å². The van der Waals surface area contributed by atoms with Crippen molar-refractivity contribution in [1.82, 2.24) is 0 Å². The van der Waals surface area contributed by atoms with Gasteiger partial charge in [-0.15, -0.1) is 0 Å². The Morgan fingerprint density at radius 2 is 1.62 bits per heavy atom. The molecule has 0 aromatic heterocycles. The van der Waals surface area contributed by atoms with E-state index < -0.39 is 23.2 Å². The summed E-state index contributed by atoms with van der Waals surface area (Å²) in [6.07, 6.45) is 0. The van der Waals surface area contributed by atoms with Gasteiger partial charge in [-0.25, -0.2) is 8.78 Å². The maximum absolute atomic E-state index is 13.8. The molecule has 0 atom stereocenters. The van der Waals surface area contributed by atoms with Crippen molar-refractivity contribution in [2.75, 3.05) is 12.4 Å². The molecule has 0 aliphatic carbocycles. The van der Waals surface area contributed by atoms with E-state index in [1.54, 1.807) is 12.1 Å². The fourth-order valence-electron chi connectivity index (χ4n) is 3.01. The normalized spacial score (nSPS) is 10.5. The number of aryl methyl sites for hydroxylation is 2. The first-order chi connectivity index (χ1) is 13.9. The summed E-state index contributed by atoms with van der Waals surface area (Å²) < 4.78 is 38.8. The first-order valence-electron chi connectivity index (χ1n) is 9.00. The van der Waals surface area contributed by atoms with Gasteiger partial charge in [0.05, 0.1) is 7.11 Å². The Balaban J connectivity index is 1.81. The minimum absolute atomic E-state index is 0.168. The average molecular weight is 397 g/mol. The van der Waals surface area contributed by atoms with E-state index in [-0.39, 0.29) is 12.2 Å². The molecule has 150 valence electrons. The van der Waals surface area contributed by atoms with Crippen molar-refractivity contribution in [2.24, 2.45) is 0 Å². The van der Waals surface area contributed by atoms with E-state index in [4.69, 9.17) is 9.47 Å². The van der Waals surface area contributed by atoms with Crippen molar-refractivity contribution in [3.63, 3.8) is 0 Å². The van der Waals surface area contributed by atoms with Crippen LogP contribution >= 0.6 is 0 Å². The van der Waals surface area contributed by atoms with E-state index in [1.807, 2.05) is 32.0 Å². The number of methoxy groups -OCH3 is 1. The third kappa shape index (κ3) is 4.90. The van der Waals surface area contributed by atoms with Gasteiger partial charge in [0, 0.05) is 11.1 Å². The SMILES string of the molecule is COc1ccc(C(=O)Nc2c(F)cccc2F)cc1COc1cc(C)cc(C)c1. The first-order valence-corrected chi connectivity index (χ1v) is 9.00. The van der Waals surface area contributed by atoms with Gasteiger partial charge in [-0.2, -0.15) is 0 Å². The standard InChI is InChI=1S/C23H21F2NO3/c1-14-9-15(2)11-18(10-14)29-13-17-12-16(7-8-21(17)28-3)23(27)26-22-19(24)5-4-6-20(22)25/h4-12H,13H2,1-3H3,(H,26,27).